The summed E-state index contributed by atoms with van der Waals surface area (Å²) in [7, 11) is 0. The zero-order valence-electron chi connectivity index (χ0n) is 19.2. The molecule has 0 bridgehead atoms. The monoisotopic (exact) mass is 420 g/mol. The molecule has 166 valence electrons. The van der Waals surface area contributed by atoms with Gasteiger partial charge in [0.2, 0.25) is 11.8 Å². The summed E-state index contributed by atoms with van der Waals surface area (Å²) in [5, 5.41) is 0. The third-order valence-electron chi connectivity index (χ3n) is 6.26. The molecular weight excluding hydrogens is 384 g/mol. The summed E-state index contributed by atoms with van der Waals surface area (Å²) in [4.78, 5) is 29.7. The minimum atomic E-state index is -0.0795. The van der Waals surface area contributed by atoms with Crippen molar-refractivity contribution in [3.05, 3.63) is 60.2 Å². The van der Waals surface area contributed by atoms with Crippen LogP contribution in [-0.2, 0) is 9.59 Å². The van der Waals surface area contributed by atoms with Crippen LogP contribution in [0, 0.1) is 0 Å². The minimum absolute atomic E-state index is 0.0186. The number of unbranched alkanes of at least 4 members (excludes halogenated alkanes) is 5. The predicted molar refractivity (Wildman–Crippen MR) is 128 cm³/mol. The van der Waals surface area contributed by atoms with Crippen LogP contribution in [0.4, 0.5) is 11.4 Å². The van der Waals surface area contributed by atoms with E-state index in [1.807, 2.05) is 58.3 Å². The van der Waals surface area contributed by atoms with Gasteiger partial charge in [0.1, 0.15) is 0 Å². The summed E-state index contributed by atoms with van der Waals surface area (Å²) in [5.74, 6) is 0.216. The summed E-state index contributed by atoms with van der Waals surface area (Å²) >= 11 is 0. The highest BCUT2D eigenvalue weighted by atomic mass is 16.2. The second-order valence-electron chi connectivity index (χ2n) is 8.67. The van der Waals surface area contributed by atoms with Crippen molar-refractivity contribution in [1.29, 1.82) is 0 Å². The van der Waals surface area contributed by atoms with E-state index in [9.17, 15) is 9.59 Å². The van der Waals surface area contributed by atoms with Gasteiger partial charge >= 0.3 is 0 Å². The number of nitrogens with zero attached hydrogens (tertiary/aromatic N) is 2. The van der Waals surface area contributed by atoms with Gasteiger partial charge in [-0.1, -0.05) is 75.4 Å². The molecule has 1 aliphatic heterocycles. The van der Waals surface area contributed by atoms with Crippen LogP contribution in [0.5, 0.6) is 0 Å². The van der Waals surface area contributed by atoms with Crippen molar-refractivity contribution in [1.82, 2.24) is 0 Å². The Kier molecular flexibility index (Phi) is 8.27. The molecule has 31 heavy (non-hydrogen) atoms. The van der Waals surface area contributed by atoms with Gasteiger partial charge in [-0.2, -0.15) is 0 Å². The molecule has 0 radical (unpaired) electrons. The second-order valence-corrected chi connectivity index (χ2v) is 8.67. The molecule has 1 aliphatic rings. The summed E-state index contributed by atoms with van der Waals surface area (Å²) < 4.78 is 0. The van der Waals surface area contributed by atoms with E-state index in [2.05, 4.69) is 19.9 Å². The highest BCUT2D eigenvalue weighted by molar-refractivity contribution is 5.97. The highest BCUT2D eigenvalue weighted by Crippen LogP contribution is 2.42. The summed E-state index contributed by atoms with van der Waals surface area (Å²) in [6.45, 7) is 5.94. The molecule has 0 fully saturated rings. The average Bonchev–Trinajstić information content (AvgIpc) is 2.76. The molecule has 2 amide bonds. The van der Waals surface area contributed by atoms with Crippen molar-refractivity contribution in [2.24, 2.45) is 0 Å². The van der Waals surface area contributed by atoms with Crippen LogP contribution in [0.15, 0.2) is 54.6 Å². The van der Waals surface area contributed by atoms with E-state index >= 15 is 0 Å². The Morgan fingerprint density at radius 1 is 0.935 bits per heavy atom. The van der Waals surface area contributed by atoms with Gasteiger partial charge in [-0.05, 0) is 43.5 Å². The minimum Gasteiger partial charge on any atom is -0.309 e. The van der Waals surface area contributed by atoms with Crippen LogP contribution in [0.1, 0.15) is 83.7 Å². The molecule has 2 atom stereocenters. The molecule has 0 saturated heterocycles. The topological polar surface area (TPSA) is 40.6 Å². The number of carbonyl (C=O) groups excluding carboxylic acids is 2. The molecule has 2 aromatic rings. The van der Waals surface area contributed by atoms with Crippen LogP contribution in [0.25, 0.3) is 0 Å². The van der Waals surface area contributed by atoms with E-state index in [1.54, 1.807) is 6.92 Å². The SMILES string of the molecule is CCCCCCCCC(=O)N1c2ccccc2[C@H](N(C(C)=O)c2ccccc2)C[C@H]1C. The molecular formula is C27H36N2O2. The molecule has 0 aliphatic carbocycles. The lowest BCUT2D eigenvalue weighted by Crippen LogP contribution is -2.47. The first-order chi connectivity index (χ1) is 15.0. The number of hydrogen-bond acceptors (Lipinski definition) is 2. The van der Waals surface area contributed by atoms with Crippen LogP contribution < -0.4 is 9.80 Å². The summed E-state index contributed by atoms with van der Waals surface area (Å²) in [5.41, 5.74) is 2.90. The number of fused-ring (bicyclic) bond motifs is 1. The molecule has 4 heteroatoms. The van der Waals surface area contributed by atoms with Crippen LogP contribution in [0.2, 0.25) is 0 Å². The lowest BCUT2D eigenvalue weighted by molar-refractivity contribution is -0.119. The Balaban J connectivity index is 1.80. The van der Waals surface area contributed by atoms with E-state index in [0.29, 0.717) is 6.42 Å². The Morgan fingerprint density at radius 2 is 1.58 bits per heavy atom. The first kappa shape index (κ1) is 23.1. The Bertz CT molecular complexity index is 865. The molecule has 4 nitrogen and oxygen atoms in total. The number of para-hydroxylation sites is 2. The lowest BCUT2D eigenvalue weighted by Gasteiger charge is -2.43. The number of carbonyl (C=O) groups is 2. The standard InChI is InChI=1S/C27H36N2O2/c1-4-5-6-7-8-12-19-27(31)28-21(2)20-26(24-17-13-14-18-25(24)28)29(22(3)30)23-15-10-9-11-16-23/h9-11,13-18,21,26H,4-8,12,19-20H2,1-3H3/t21-,26-/m1/s1. The van der Waals surface area contributed by atoms with E-state index in [0.717, 1.165) is 36.2 Å². The van der Waals surface area contributed by atoms with E-state index < -0.39 is 0 Å². The van der Waals surface area contributed by atoms with Crippen molar-refractivity contribution in [2.45, 2.75) is 84.2 Å². The molecule has 2 aromatic carbocycles. The first-order valence-corrected chi connectivity index (χ1v) is 11.8. The zero-order valence-corrected chi connectivity index (χ0v) is 19.2. The highest BCUT2D eigenvalue weighted by Gasteiger charge is 2.37. The molecule has 3 rings (SSSR count). The fourth-order valence-electron chi connectivity index (χ4n) is 4.75. The van der Waals surface area contributed by atoms with Gasteiger partial charge in [0.15, 0.2) is 0 Å². The summed E-state index contributed by atoms with van der Waals surface area (Å²) in [6.07, 6.45) is 8.36. The van der Waals surface area contributed by atoms with Crippen molar-refractivity contribution >= 4 is 23.2 Å². The van der Waals surface area contributed by atoms with Crippen LogP contribution in [-0.4, -0.2) is 17.9 Å². The van der Waals surface area contributed by atoms with Crippen molar-refractivity contribution in [2.75, 3.05) is 9.80 Å². The van der Waals surface area contributed by atoms with Crippen molar-refractivity contribution in [3.8, 4) is 0 Å². The smallest absolute Gasteiger partial charge is 0.227 e. The number of amides is 2. The lowest BCUT2D eigenvalue weighted by atomic mass is 9.89. The van der Waals surface area contributed by atoms with Gasteiger partial charge in [-0.3, -0.25) is 9.59 Å². The number of hydrogen-bond donors (Lipinski definition) is 0. The van der Waals surface area contributed by atoms with E-state index in [4.69, 9.17) is 0 Å². The molecule has 1 heterocycles. The summed E-state index contributed by atoms with van der Waals surface area (Å²) in [6, 6.07) is 17.9. The van der Waals surface area contributed by atoms with Crippen LogP contribution in [0.3, 0.4) is 0 Å². The Morgan fingerprint density at radius 3 is 2.29 bits per heavy atom. The molecule has 0 N–H and O–H groups in total. The molecule has 0 aromatic heterocycles. The van der Waals surface area contributed by atoms with E-state index in [-0.39, 0.29) is 23.9 Å². The van der Waals surface area contributed by atoms with Crippen molar-refractivity contribution < 1.29 is 9.59 Å². The van der Waals surface area contributed by atoms with Crippen LogP contribution >= 0.6 is 0 Å². The fraction of sp³-hybridized carbons (Fsp3) is 0.481. The van der Waals surface area contributed by atoms with Crippen molar-refractivity contribution in [3.63, 3.8) is 0 Å². The quantitative estimate of drug-likeness (QED) is 0.426. The predicted octanol–water partition coefficient (Wildman–Crippen LogP) is 6.66. The first-order valence-electron chi connectivity index (χ1n) is 11.8. The number of rotatable bonds is 9. The molecule has 0 spiro atoms. The number of anilines is 2. The maximum atomic E-state index is 13.2. The van der Waals surface area contributed by atoms with Gasteiger partial charge < -0.3 is 9.80 Å². The third-order valence-corrected chi connectivity index (χ3v) is 6.26. The zero-order chi connectivity index (χ0) is 22.2. The maximum Gasteiger partial charge on any atom is 0.227 e. The van der Waals surface area contributed by atoms with E-state index in [1.165, 1.54) is 25.7 Å². The van der Waals surface area contributed by atoms with Gasteiger partial charge in [-0.15, -0.1) is 0 Å². The fourth-order valence-corrected chi connectivity index (χ4v) is 4.75. The Hall–Kier alpha value is -2.62. The molecule has 0 unspecified atom stereocenters. The van der Waals surface area contributed by atoms with Gasteiger partial charge in [0.05, 0.1) is 6.04 Å². The Labute approximate surface area is 187 Å². The molecule has 0 saturated carbocycles. The normalized spacial score (nSPS) is 17.8. The maximum absolute atomic E-state index is 13.2. The third kappa shape index (κ3) is 5.55. The average molecular weight is 421 g/mol. The largest absolute Gasteiger partial charge is 0.309 e. The van der Waals surface area contributed by atoms with Gasteiger partial charge in [0.25, 0.3) is 0 Å². The second kappa shape index (κ2) is 11.1. The number of benzene rings is 2. The van der Waals surface area contributed by atoms with Gasteiger partial charge in [-0.25, -0.2) is 0 Å². The van der Waals surface area contributed by atoms with Gasteiger partial charge in [0, 0.05) is 30.8 Å².